The molecule has 0 aliphatic heterocycles. The van der Waals surface area contributed by atoms with E-state index in [1.54, 1.807) is 20.8 Å². The minimum absolute atomic E-state index is 0.197. The van der Waals surface area contributed by atoms with Crippen LogP contribution in [-0.2, 0) is 23.5 Å². The predicted octanol–water partition coefficient (Wildman–Crippen LogP) is 5.64. The summed E-state index contributed by atoms with van der Waals surface area (Å²) in [5.41, 5.74) is 0.673. The lowest BCUT2D eigenvalue weighted by atomic mass is 10.1. The van der Waals surface area contributed by atoms with E-state index in [9.17, 15) is 9.13 Å². The summed E-state index contributed by atoms with van der Waals surface area (Å²) in [4.78, 5) is 0. The molecule has 0 aromatic heterocycles. The molecule has 0 saturated carbocycles. The molecular formula is C24H29NO4P2. The molecule has 5 nitrogen and oxygen atoms in total. The summed E-state index contributed by atoms with van der Waals surface area (Å²) >= 11 is 0. The third kappa shape index (κ3) is 4.77. The maximum absolute atomic E-state index is 14.7. The summed E-state index contributed by atoms with van der Waals surface area (Å²) in [6.07, 6.45) is 0. The van der Waals surface area contributed by atoms with E-state index in [1.165, 1.54) is 0 Å². The molecule has 7 heteroatoms. The SMILES string of the molecule is CCOP(=O)(OCC)[C@](C)(NP(=O)(c1ccccc1)c1ccccc1)c1ccccc1. The molecule has 1 atom stereocenters. The first-order valence-corrected chi connectivity index (χ1v) is 13.6. The van der Waals surface area contributed by atoms with Crippen molar-refractivity contribution in [3.63, 3.8) is 0 Å². The molecule has 1 N–H and O–H groups in total. The second-order valence-corrected chi connectivity index (χ2v) is 12.0. The lowest BCUT2D eigenvalue weighted by Crippen LogP contribution is -2.43. The Morgan fingerprint density at radius 1 is 0.710 bits per heavy atom. The zero-order valence-electron chi connectivity index (χ0n) is 18.1. The first-order valence-electron chi connectivity index (χ1n) is 10.3. The van der Waals surface area contributed by atoms with Gasteiger partial charge in [0.05, 0.1) is 13.2 Å². The highest BCUT2D eigenvalue weighted by molar-refractivity contribution is 7.77. The molecule has 0 aliphatic carbocycles. The van der Waals surface area contributed by atoms with Crippen LogP contribution in [-0.4, -0.2) is 13.2 Å². The number of hydrogen-bond acceptors (Lipinski definition) is 4. The molecule has 0 spiro atoms. The predicted molar refractivity (Wildman–Crippen MR) is 128 cm³/mol. The van der Waals surface area contributed by atoms with E-state index in [0.717, 1.165) is 0 Å². The Balaban J connectivity index is 2.25. The molecule has 31 heavy (non-hydrogen) atoms. The van der Waals surface area contributed by atoms with Crippen molar-refractivity contribution in [2.24, 2.45) is 0 Å². The Kier molecular flexibility index (Phi) is 7.69. The van der Waals surface area contributed by atoms with E-state index < -0.39 is 20.2 Å². The maximum Gasteiger partial charge on any atom is 0.355 e. The van der Waals surface area contributed by atoms with Gasteiger partial charge in [0.1, 0.15) is 5.28 Å². The standard InChI is InChI=1S/C24H29NO4P2/c1-4-28-31(27,29-5-2)24(3,21-15-9-6-10-16-21)25-30(26,22-17-11-7-12-18-22)23-19-13-8-14-20-23/h6-20H,4-5H2,1-3H3,(H,25,26)/t24-/m0/s1. The van der Waals surface area contributed by atoms with Gasteiger partial charge in [-0.3, -0.25) is 9.13 Å². The van der Waals surface area contributed by atoms with Crippen LogP contribution >= 0.6 is 14.9 Å². The number of hydrogen-bond donors (Lipinski definition) is 1. The summed E-state index contributed by atoms with van der Waals surface area (Å²) in [6, 6.07) is 27.7. The van der Waals surface area contributed by atoms with Crippen LogP contribution in [0.25, 0.3) is 0 Å². The van der Waals surface area contributed by atoms with E-state index in [4.69, 9.17) is 9.05 Å². The topological polar surface area (TPSA) is 64.6 Å². The molecule has 3 aromatic rings. The summed E-state index contributed by atoms with van der Waals surface area (Å²) in [5, 5.41) is 3.18. The van der Waals surface area contributed by atoms with Crippen molar-refractivity contribution < 1.29 is 18.2 Å². The maximum atomic E-state index is 14.7. The Labute approximate surface area is 184 Å². The Morgan fingerprint density at radius 2 is 1.10 bits per heavy atom. The van der Waals surface area contributed by atoms with Crippen molar-refractivity contribution >= 4 is 25.5 Å². The largest absolute Gasteiger partial charge is 0.355 e. The summed E-state index contributed by atoms with van der Waals surface area (Å²) in [5.74, 6) is 0. The average Bonchev–Trinajstić information content (AvgIpc) is 2.81. The van der Waals surface area contributed by atoms with Crippen LogP contribution in [0.4, 0.5) is 0 Å². The van der Waals surface area contributed by atoms with Crippen LogP contribution in [0.3, 0.4) is 0 Å². The van der Waals surface area contributed by atoms with Gasteiger partial charge in [0.2, 0.25) is 7.29 Å². The van der Waals surface area contributed by atoms with Crippen LogP contribution in [0, 0.1) is 0 Å². The van der Waals surface area contributed by atoms with Crippen LogP contribution in [0.1, 0.15) is 26.3 Å². The van der Waals surface area contributed by atoms with Crippen molar-refractivity contribution in [2.75, 3.05) is 13.2 Å². The van der Waals surface area contributed by atoms with Gasteiger partial charge in [-0.25, -0.2) is 5.09 Å². The zero-order chi connectivity index (χ0) is 22.4. The molecule has 0 amide bonds. The second kappa shape index (κ2) is 10.1. The van der Waals surface area contributed by atoms with Gasteiger partial charge in [-0.2, -0.15) is 0 Å². The van der Waals surface area contributed by atoms with E-state index in [2.05, 4.69) is 5.09 Å². The van der Waals surface area contributed by atoms with Crippen molar-refractivity contribution in [3.05, 3.63) is 96.6 Å². The fraction of sp³-hybridized carbons (Fsp3) is 0.250. The van der Waals surface area contributed by atoms with Gasteiger partial charge in [-0.1, -0.05) is 66.7 Å². The van der Waals surface area contributed by atoms with Crippen LogP contribution < -0.4 is 15.7 Å². The fourth-order valence-electron chi connectivity index (χ4n) is 3.54. The first-order chi connectivity index (χ1) is 14.9. The Bertz CT molecular complexity index is 1010. The minimum Gasteiger partial charge on any atom is -0.307 e. The summed E-state index contributed by atoms with van der Waals surface area (Å²) in [7, 11) is -7.22. The van der Waals surface area contributed by atoms with Crippen LogP contribution in [0.15, 0.2) is 91.0 Å². The molecule has 0 heterocycles. The lowest BCUT2D eigenvalue weighted by Gasteiger charge is -2.40. The van der Waals surface area contributed by atoms with E-state index in [1.807, 2.05) is 91.0 Å². The van der Waals surface area contributed by atoms with Gasteiger partial charge in [-0.05, 0) is 50.6 Å². The van der Waals surface area contributed by atoms with Gasteiger partial charge in [0.15, 0.2) is 0 Å². The van der Waals surface area contributed by atoms with Crippen molar-refractivity contribution in [3.8, 4) is 0 Å². The van der Waals surface area contributed by atoms with E-state index >= 15 is 0 Å². The fourth-order valence-corrected chi connectivity index (χ4v) is 8.67. The third-order valence-corrected chi connectivity index (χ3v) is 10.7. The van der Waals surface area contributed by atoms with Crippen molar-refractivity contribution in [1.82, 2.24) is 5.09 Å². The van der Waals surface area contributed by atoms with Gasteiger partial charge in [0, 0.05) is 10.6 Å². The number of nitrogens with one attached hydrogen (secondary N) is 1. The molecule has 0 radical (unpaired) electrons. The normalized spacial score (nSPS) is 14.2. The first kappa shape index (κ1) is 23.7. The summed E-state index contributed by atoms with van der Waals surface area (Å²) < 4.78 is 40.4. The van der Waals surface area contributed by atoms with Crippen LogP contribution in [0.5, 0.6) is 0 Å². The van der Waals surface area contributed by atoms with E-state index in [0.29, 0.717) is 16.2 Å². The van der Waals surface area contributed by atoms with Gasteiger partial charge >= 0.3 is 7.60 Å². The second-order valence-electron chi connectivity index (χ2n) is 7.16. The number of rotatable bonds is 10. The highest BCUT2D eigenvalue weighted by atomic mass is 31.2. The van der Waals surface area contributed by atoms with Gasteiger partial charge in [-0.15, -0.1) is 0 Å². The highest BCUT2D eigenvalue weighted by Gasteiger charge is 2.52. The molecule has 0 fully saturated rings. The molecule has 0 saturated heterocycles. The molecule has 3 aromatic carbocycles. The van der Waals surface area contributed by atoms with Crippen LogP contribution in [0.2, 0.25) is 0 Å². The summed E-state index contributed by atoms with van der Waals surface area (Å²) in [6.45, 7) is 5.67. The molecule has 164 valence electrons. The van der Waals surface area contributed by atoms with Crippen molar-refractivity contribution in [1.29, 1.82) is 0 Å². The molecular weight excluding hydrogens is 428 g/mol. The third-order valence-electron chi connectivity index (χ3n) is 5.10. The van der Waals surface area contributed by atoms with Crippen molar-refractivity contribution in [2.45, 2.75) is 26.1 Å². The quantitative estimate of drug-likeness (QED) is 0.399. The monoisotopic (exact) mass is 457 g/mol. The Hall–Kier alpha value is -2.00. The molecule has 0 aliphatic rings. The zero-order valence-corrected chi connectivity index (χ0v) is 19.9. The molecule has 3 rings (SSSR count). The number of benzene rings is 3. The molecule has 0 unspecified atom stereocenters. The minimum atomic E-state index is -3.78. The highest BCUT2D eigenvalue weighted by Crippen LogP contribution is 2.66. The van der Waals surface area contributed by atoms with Gasteiger partial charge in [0.25, 0.3) is 0 Å². The van der Waals surface area contributed by atoms with Gasteiger partial charge < -0.3 is 9.05 Å². The Morgan fingerprint density at radius 3 is 1.48 bits per heavy atom. The lowest BCUT2D eigenvalue weighted by molar-refractivity contribution is 0.195. The average molecular weight is 457 g/mol. The molecule has 0 bridgehead atoms. The van der Waals surface area contributed by atoms with E-state index in [-0.39, 0.29) is 13.2 Å². The smallest absolute Gasteiger partial charge is 0.307 e.